The summed E-state index contributed by atoms with van der Waals surface area (Å²) in [6, 6.07) is 9.30. The molecule has 1 saturated heterocycles. The molecule has 1 fully saturated rings. The number of hydrogen-bond donors (Lipinski definition) is 2. The van der Waals surface area contributed by atoms with Gasteiger partial charge in [-0.1, -0.05) is 43.7 Å². The maximum Gasteiger partial charge on any atom is 0.191 e. The Kier molecular flexibility index (Phi) is 8.26. The van der Waals surface area contributed by atoms with Crippen molar-refractivity contribution in [2.24, 2.45) is 10.9 Å². The van der Waals surface area contributed by atoms with Crippen molar-refractivity contribution in [1.82, 2.24) is 15.5 Å². The summed E-state index contributed by atoms with van der Waals surface area (Å²) in [7, 11) is 0. The highest BCUT2D eigenvalue weighted by molar-refractivity contribution is 5.80. The normalized spacial score (nSPS) is 17.1. The summed E-state index contributed by atoms with van der Waals surface area (Å²) in [5, 5.41) is 7.03. The van der Waals surface area contributed by atoms with Crippen LogP contribution in [0.5, 0.6) is 0 Å². The van der Waals surface area contributed by atoms with E-state index in [9.17, 15) is 0 Å². The Morgan fingerprint density at radius 1 is 1.20 bits per heavy atom. The van der Waals surface area contributed by atoms with E-state index in [-0.39, 0.29) is 0 Å². The van der Waals surface area contributed by atoms with Gasteiger partial charge in [-0.2, -0.15) is 0 Å². The number of rotatable bonds is 7. The van der Waals surface area contributed by atoms with Crippen molar-refractivity contribution < 1.29 is 0 Å². The Morgan fingerprint density at radius 2 is 1.88 bits per heavy atom. The highest BCUT2D eigenvalue weighted by Crippen LogP contribution is 2.12. The molecule has 4 nitrogen and oxygen atoms in total. The van der Waals surface area contributed by atoms with E-state index in [0.717, 1.165) is 31.4 Å². The summed E-state index contributed by atoms with van der Waals surface area (Å²) in [4.78, 5) is 7.36. The molecule has 0 atom stereocenters. The Labute approximate surface area is 154 Å². The topological polar surface area (TPSA) is 39.7 Å². The molecule has 25 heavy (non-hydrogen) atoms. The van der Waals surface area contributed by atoms with Gasteiger partial charge in [0.2, 0.25) is 0 Å². The number of benzene rings is 1. The molecule has 0 bridgehead atoms. The molecule has 1 heterocycles. The number of likely N-dealkylation sites (tertiary alicyclic amines) is 1. The Balaban J connectivity index is 1.78. The zero-order chi connectivity index (χ0) is 18.1. The maximum atomic E-state index is 4.77. The first-order valence-electron chi connectivity index (χ1n) is 9.89. The van der Waals surface area contributed by atoms with E-state index in [1.807, 2.05) is 0 Å². The van der Waals surface area contributed by atoms with Gasteiger partial charge < -0.3 is 15.5 Å². The predicted octanol–water partition coefficient (Wildman–Crippen LogP) is 3.21. The summed E-state index contributed by atoms with van der Waals surface area (Å²) < 4.78 is 0. The Hall–Kier alpha value is -1.55. The van der Waals surface area contributed by atoms with Crippen molar-refractivity contribution >= 4 is 5.96 Å². The molecule has 0 saturated carbocycles. The average Bonchev–Trinajstić information content (AvgIpc) is 2.58. The maximum absolute atomic E-state index is 4.77. The monoisotopic (exact) mass is 344 g/mol. The van der Waals surface area contributed by atoms with Crippen molar-refractivity contribution in [3.8, 4) is 0 Å². The molecule has 1 aromatic rings. The molecule has 2 rings (SSSR count). The number of piperidine rings is 1. The van der Waals surface area contributed by atoms with E-state index in [0.29, 0.717) is 6.04 Å². The number of hydrogen-bond acceptors (Lipinski definition) is 2. The molecule has 140 valence electrons. The first-order chi connectivity index (χ1) is 12.1. The van der Waals surface area contributed by atoms with Gasteiger partial charge in [-0.25, -0.2) is 0 Å². The van der Waals surface area contributed by atoms with Gasteiger partial charge in [0, 0.05) is 38.8 Å². The second kappa shape index (κ2) is 10.4. The molecule has 0 radical (unpaired) electrons. The molecule has 2 N–H and O–H groups in total. The van der Waals surface area contributed by atoms with E-state index in [1.54, 1.807) is 0 Å². The van der Waals surface area contributed by atoms with Gasteiger partial charge in [0.25, 0.3) is 0 Å². The third-order valence-corrected chi connectivity index (χ3v) is 4.69. The highest BCUT2D eigenvalue weighted by Gasteiger charge is 2.20. The first kappa shape index (κ1) is 19.8. The number of nitrogens with zero attached hydrogens (tertiary/aromatic N) is 2. The minimum Gasteiger partial charge on any atom is -0.357 e. The lowest BCUT2D eigenvalue weighted by atomic mass is 10.0. The van der Waals surface area contributed by atoms with Gasteiger partial charge in [0.15, 0.2) is 5.96 Å². The van der Waals surface area contributed by atoms with Crippen molar-refractivity contribution in [3.63, 3.8) is 0 Å². The van der Waals surface area contributed by atoms with E-state index < -0.39 is 0 Å². The lowest BCUT2D eigenvalue weighted by molar-refractivity contribution is 0.187. The Bertz CT molecular complexity index is 513. The lowest BCUT2D eigenvalue weighted by Gasteiger charge is -2.34. The van der Waals surface area contributed by atoms with Crippen LogP contribution in [0.3, 0.4) is 0 Å². The SMILES string of the molecule is CCNC(=NCCc1ccc(C)cc1)NC1CCN(CC(C)C)CC1. The number of nitrogens with one attached hydrogen (secondary N) is 2. The molecule has 1 aliphatic rings. The summed E-state index contributed by atoms with van der Waals surface area (Å²) >= 11 is 0. The predicted molar refractivity (Wildman–Crippen MR) is 108 cm³/mol. The van der Waals surface area contributed by atoms with Crippen LogP contribution in [0.2, 0.25) is 0 Å². The average molecular weight is 345 g/mol. The van der Waals surface area contributed by atoms with Crippen LogP contribution in [0.25, 0.3) is 0 Å². The molecular weight excluding hydrogens is 308 g/mol. The van der Waals surface area contributed by atoms with Crippen molar-refractivity contribution in [2.45, 2.75) is 53.0 Å². The van der Waals surface area contributed by atoms with Gasteiger partial charge in [-0.15, -0.1) is 0 Å². The third-order valence-electron chi connectivity index (χ3n) is 4.69. The standard InChI is InChI=1S/C21H36N4/c1-5-22-21(23-13-10-19-8-6-18(4)7-9-19)24-20-11-14-25(15-12-20)16-17(2)3/h6-9,17,20H,5,10-16H2,1-4H3,(H2,22,23,24). The highest BCUT2D eigenvalue weighted by atomic mass is 15.2. The summed E-state index contributed by atoms with van der Waals surface area (Å²) in [6.07, 6.45) is 3.40. The van der Waals surface area contributed by atoms with Crippen LogP contribution < -0.4 is 10.6 Å². The fraction of sp³-hybridized carbons (Fsp3) is 0.667. The molecule has 0 amide bonds. The first-order valence-corrected chi connectivity index (χ1v) is 9.89. The number of aryl methyl sites for hydroxylation is 1. The van der Waals surface area contributed by atoms with Gasteiger partial charge in [-0.05, 0) is 44.6 Å². The van der Waals surface area contributed by atoms with Crippen molar-refractivity contribution in [1.29, 1.82) is 0 Å². The molecule has 4 heteroatoms. The van der Waals surface area contributed by atoms with Crippen LogP contribution >= 0.6 is 0 Å². The fourth-order valence-electron chi connectivity index (χ4n) is 3.34. The van der Waals surface area contributed by atoms with Crippen LogP contribution in [-0.2, 0) is 6.42 Å². The molecule has 0 aromatic heterocycles. The molecule has 0 unspecified atom stereocenters. The minimum absolute atomic E-state index is 0.542. The molecule has 1 aromatic carbocycles. The van der Waals surface area contributed by atoms with Crippen LogP contribution in [-0.4, -0.2) is 49.6 Å². The smallest absolute Gasteiger partial charge is 0.191 e. The van der Waals surface area contributed by atoms with Gasteiger partial charge in [-0.3, -0.25) is 4.99 Å². The summed E-state index contributed by atoms with van der Waals surface area (Å²) in [6.45, 7) is 14.2. The molecule has 0 spiro atoms. The second-order valence-corrected chi connectivity index (χ2v) is 7.61. The van der Waals surface area contributed by atoms with Gasteiger partial charge in [0.1, 0.15) is 0 Å². The molecular formula is C21H36N4. The molecule has 0 aliphatic carbocycles. The third kappa shape index (κ3) is 7.47. The van der Waals surface area contributed by atoms with E-state index in [4.69, 9.17) is 4.99 Å². The van der Waals surface area contributed by atoms with E-state index >= 15 is 0 Å². The van der Waals surface area contributed by atoms with Crippen LogP contribution in [0.4, 0.5) is 0 Å². The number of aliphatic imine (C=N–C) groups is 1. The summed E-state index contributed by atoms with van der Waals surface area (Å²) in [5.74, 6) is 1.72. The quantitative estimate of drug-likeness (QED) is 0.589. The van der Waals surface area contributed by atoms with E-state index in [1.165, 1.54) is 43.6 Å². The Morgan fingerprint density at radius 3 is 2.48 bits per heavy atom. The number of guanidine groups is 1. The lowest BCUT2D eigenvalue weighted by Crippen LogP contribution is -2.49. The van der Waals surface area contributed by atoms with Crippen molar-refractivity contribution in [3.05, 3.63) is 35.4 Å². The van der Waals surface area contributed by atoms with Crippen LogP contribution in [0.1, 0.15) is 44.7 Å². The van der Waals surface area contributed by atoms with Crippen LogP contribution in [0, 0.1) is 12.8 Å². The van der Waals surface area contributed by atoms with Crippen LogP contribution in [0.15, 0.2) is 29.3 Å². The molecule has 1 aliphatic heterocycles. The van der Waals surface area contributed by atoms with Gasteiger partial charge in [0.05, 0.1) is 0 Å². The minimum atomic E-state index is 0.542. The largest absolute Gasteiger partial charge is 0.357 e. The summed E-state index contributed by atoms with van der Waals surface area (Å²) in [5.41, 5.74) is 2.67. The zero-order valence-electron chi connectivity index (χ0n) is 16.5. The van der Waals surface area contributed by atoms with E-state index in [2.05, 4.69) is 67.5 Å². The van der Waals surface area contributed by atoms with Gasteiger partial charge >= 0.3 is 0 Å². The second-order valence-electron chi connectivity index (χ2n) is 7.61. The zero-order valence-corrected chi connectivity index (χ0v) is 16.5. The van der Waals surface area contributed by atoms with Crippen molar-refractivity contribution in [2.75, 3.05) is 32.7 Å². The fourth-order valence-corrected chi connectivity index (χ4v) is 3.34.